The number of carbonyl (C=O) groups is 2. The minimum Gasteiger partial charge on any atom is -0.449 e. The van der Waals surface area contributed by atoms with Gasteiger partial charge in [0, 0.05) is 49.9 Å². The Kier molecular flexibility index (Phi) is 9.34. The summed E-state index contributed by atoms with van der Waals surface area (Å²) in [5.41, 5.74) is 0.759. The first kappa shape index (κ1) is 26.5. The molecule has 0 bridgehead atoms. The van der Waals surface area contributed by atoms with E-state index in [4.69, 9.17) is 4.74 Å². The van der Waals surface area contributed by atoms with Gasteiger partial charge in [-0.05, 0) is 75.6 Å². The molecule has 2 aliphatic rings. The highest BCUT2D eigenvalue weighted by Gasteiger charge is 2.38. The van der Waals surface area contributed by atoms with Gasteiger partial charge in [-0.3, -0.25) is 4.79 Å². The molecule has 2 amide bonds. The van der Waals surface area contributed by atoms with E-state index < -0.39 is 0 Å². The molecular weight excluding hydrogens is 433 g/mol. The number of likely N-dealkylation sites (tertiary alicyclic amines) is 2. The summed E-state index contributed by atoms with van der Waals surface area (Å²) in [5.74, 6) is 0.0262. The van der Waals surface area contributed by atoms with Crippen LogP contribution in [0.2, 0.25) is 0 Å². The first-order valence-corrected chi connectivity index (χ1v) is 13.0. The van der Waals surface area contributed by atoms with Crippen molar-refractivity contribution in [3.8, 4) is 0 Å². The lowest BCUT2D eigenvalue weighted by atomic mass is 9.96. The SMILES string of the molecule is CCC(CC1CCC(C)N1C(=O)OCC(C)C)N1CCC(N(C(C)=O)c2ccc(F)cc2)CC1. The van der Waals surface area contributed by atoms with Gasteiger partial charge in [0.2, 0.25) is 5.91 Å². The number of halogens is 1. The van der Waals surface area contributed by atoms with E-state index in [1.807, 2.05) is 9.80 Å². The molecule has 0 aromatic heterocycles. The molecule has 3 atom stereocenters. The lowest BCUT2D eigenvalue weighted by Crippen LogP contribution is -2.51. The van der Waals surface area contributed by atoms with E-state index in [1.165, 1.54) is 12.1 Å². The number of hydrogen-bond donors (Lipinski definition) is 0. The van der Waals surface area contributed by atoms with Crippen LogP contribution in [0.15, 0.2) is 24.3 Å². The molecule has 0 spiro atoms. The molecule has 34 heavy (non-hydrogen) atoms. The predicted molar refractivity (Wildman–Crippen MR) is 133 cm³/mol. The Labute approximate surface area is 204 Å². The standard InChI is InChI=1S/C27H42FN3O3/c1-6-23(17-26-10-7-20(4)30(26)27(33)34-18-19(2)3)29-15-13-25(14-16-29)31(21(5)32)24-11-8-22(28)9-12-24/h8-9,11-12,19-20,23,25-26H,6-7,10,13-18H2,1-5H3. The molecule has 0 aliphatic carbocycles. The Hall–Kier alpha value is -2.15. The molecule has 2 fully saturated rings. The molecule has 0 N–H and O–H groups in total. The molecule has 2 saturated heterocycles. The van der Waals surface area contributed by atoms with Crippen LogP contribution in [-0.4, -0.2) is 65.7 Å². The van der Waals surface area contributed by atoms with Crippen LogP contribution in [0.4, 0.5) is 14.9 Å². The van der Waals surface area contributed by atoms with E-state index in [0.29, 0.717) is 18.6 Å². The van der Waals surface area contributed by atoms with E-state index in [9.17, 15) is 14.0 Å². The van der Waals surface area contributed by atoms with Crippen molar-refractivity contribution in [2.75, 3.05) is 24.6 Å². The Morgan fingerprint density at radius 2 is 1.76 bits per heavy atom. The number of piperidine rings is 1. The third-order valence-corrected chi connectivity index (χ3v) is 7.38. The van der Waals surface area contributed by atoms with Crippen LogP contribution in [0.1, 0.15) is 73.1 Å². The topological polar surface area (TPSA) is 53.1 Å². The number of carbonyl (C=O) groups excluding carboxylic acids is 2. The van der Waals surface area contributed by atoms with Crippen LogP contribution < -0.4 is 4.90 Å². The fourth-order valence-corrected chi connectivity index (χ4v) is 5.59. The quantitative estimate of drug-likeness (QED) is 0.501. The Bertz CT molecular complexity index is 808. The van der Waals surface area contributed by atoms with Crippen molar-refractivity contribution in [3.05, 3.63) is 30.1 Å². The average molecular weight is 476 g/mol. The molecule has 1 aromatic rings. The van der Waals surface area contributed by atoms with Gasteiger partial charge in [-0.25, -0.2) is 9.18 Å². The second kappa shape index (κ2) is 12.0. The van der Waals surface area contributed by atoms with Crippen LogP contribution in [0, 0.1) is 11.7 Å². The second-order valence-electron chi connectivity index (χ2n) is 10.4. The minimum atomic E-state index is -0.295. The summed E-state index contributed by atoms with van der Waals surface area (Å²) in [6.45, 7) is 12.3. The molecule has 190 valence electrons. The van der Waals surface area contributed by atoms with Crippen molar-refractivity contribution in [1.29, 1.82) is 0 Å². The highest BCUT2D eigenvalue weighted by atomic mass is 19.1. The maximum Gasteiger partial charge on any atom is 0.410 e. The van der Waals surface area contributed by atoms with Gasteiger partial charge < -0.3 is 19.4 Å². The average Bonchev–Trinajstić information content (AvgIpc) is 3.17. The van der Waals surface area contributed by atoms with Gasteiger partial charge >= 0.3 is 6.09 Å². The Morgan fingerprint density at radius 1 is 1.12 bits per heavy atom. The Morgan fingerprint density at radius 3 is 2.32 bits per heavy atom. The van der Waals surface area contributed by atoms with Crippen molar-refractivity contribution < 1.29 is 18.7 Å². The van der Waals surface area contributed by atoms with E-state index in [-0.39, 0.29) is 35.9 Å². The summed E-state index contributed by atoms with van der Waals surface area (Å²) >= 11 is 0. The third kappa shape index (κ3) is 6.49. The van der Waals surface area contributed by atoms with E-state index in [1.54, 1.807) is 19.1 Å². The van der Waals surface area contributed by atoms with Crippen LogP contribution in [0.3, 0.4) is 0 Å². The van der Waals surface area contributed by atoms with Gasteiger partial charge in [0.1, 0.15) is 5.82 Å². The minimum absolute atomic E-state index is 0.00686. The summed E-state index contributed by atoms with van der Waals surface area (Å²) in [7, 11) is 0. The largest absolute Gasteiger partial charge is 0.449 e. The zero-order valence-corrected chi connectivity index (χ0v) is 21.5. The zero-order chi connectivity index (χ0) is 24.8. The zero-order valence-electron chi connectivity index (χ0n) is 21.5. The smallest absolute Gasteiger partial charge is 0.410 e. The lowest BCUT2D eigenvalue weighted by Gasteiger charge is -2.42. The van der Waals surface area contributed by atoms with E-state index >= 15 is 0 Å². The highest BCUT2D eigenvalue weighted by Crippen LogP contribution is 2.31. The van der Waals surface area contributed by atoms with Gasteiger partial charge in [-0.1, -0.05) is 20.8 Å². The van der Waals surface area contributed by atoms with Crippen molar-refractivity contribution >= 4 is 17.7 Å². The normalized spacial score (nSPS) is 22.7. The van der Waals surface area contributed by atoms with Gasteiger partial charge in [-0.15, -0.1) is 0 Å². The summed E-state index contributed by atoms with van der Waals surface area (Å²) in [4.78, 5) is 31.5. The van der Waals surface area contributed by atoms with Gasteiger partial charge in [0.15, 0.2) is 0 Å². The van der Waals surface area contributed by atoms with E-state index in [0.717, 1.165) is 57.3 Å². The van der Waals surface area contributed by atoms with Crippen molar-refractivity contribution in [3.63, 3.8) is 0 Å². The summed E-state index contributed by atoms with van der Waals surface area (Å²) in [6, 6.07) is 7.14. The van der Waals surface area contributed by atoms with Crippen molar-refractivity contribution in [1.82, 2.24) is 9.80 Å². The first-order chi connectivity index (χ1) is 16.2. The number of anilines is 1. The molecule has 7 heteroatoms. The first-order valence-electron chi connectivity index (χ1n) is 13.0. The third-order valence-electron chi connectivity index (χ3n) is 7.38. The Balaban J connectivity index is 1.60. The molecule has 1 aromatic carbocycles. The van der Waals surface area contributed by atoms with Crippen LogP contribution in [0.5, 0.6) is 0 Å². The number of benzene rings is 1. The second-order valence-corrected chi connectivity index (χ2v) is 10.4. The molecular formula is C27H42FN3O3. The van der Waals surface area contributed by atoms with Gasteiger partial charge in [0.05, 0.1) is 6.61 Å². The monoisotopic (exact) mass is 475 g/mol. The lowest BCUT2D eigenvalue weighted by molar-refractivity contribution is -0.117. The maximum atomic E-state index is 13.4. The summed E-state index contributed by atoms with van der Waals surface area (Å²) in [6.07, 6.45) is 5.62. The van der Waals surface area contributed by atoms with Crippen LogP contribution >= 0.6 is 0 Å². The summed E-state index contributed by atoms with van der Waals surface area (Å²) in [5, 5.41) is 0. The fraction of sp³-hybridized carbons (Fsp3) is 0.704. The molecule has 0 saturated carbocycles. The maximum absolute atomic E-state index is 13.4. The molecule has 2 aliphatic heterocycles. The number of rotatable bonds is 8. The van der Waals surface area contributed by atoms with E-state index in [2.05, 4.69) is 32.6 Å². The molecule has 2 heterocycles. The number of nitrogens with zero attached hydrogens (tertiary/aromatic N) is 3. The van der Waals surface area contributed by atoms with Gasteiger partial charge in [-0.2, -0.15) is 0 Å². The summed E-state index contributed by atoms with van der Waals surface area (Å²) < 4.78 is 19.0. The van der Waals surface area contributed by atoms with Crippen LogP contribution in [-0.2, 0) is 9.53 Å². The number of ether oxygens (including phenoxy) is 1. The molecule has 6 nitrogen and oxygen atoms in total. The van der Waals surface area contributed by atoms with Crippen LogP contribution in [0.25, 0.3) is 0 Å². The van der Waals surface area contributed by atoms with Crippen molar-refractivity contribution in [2.45, 2.75) is 97.3 Å². The molecule has 3 unspecified atom stereocenters. The van der Waals surface area contributed by atoms with Crippen molar-refractivity contribution in [2.24, 2.45) is 5.92 Å². The predicted octanol–water partition coefficient (Wildman–Crippen LogP) is 5.46. The fourth-order valence-electron chi connectivity index (χ4n) is 5.59. The molecule has 0 radical (unpaired) electrons. The number of hydrogen-bond acceptors (Lipinski definition) is 4. The highest BCUT2D eigenvalue weighted by molar-refractivity contribution is 5.92. The molecule has 3 rings (SSSR count). The number of amides is 2. The van der Waals surface area contributed by atoms with Gasteiger partial charge in [0.25, 0.3) is 0 Å².